The van der Waals surface area contributed by atoms with Crippen LogP contribution in [0.2, 0.25) is 5.02 Å². The smallest absolute Gasteiger partial charge is 0.410 e. The molecule has 0 radical (unpaired) electrons. The lowest BCUT2D eigenvalue weighted by atomic mass is 9.92. The van der Waals surface area contributed by atoms with Gasteiger partial charge in [0.25, 0.3) is 0 Å². The van der Waals surface area contributed by atoms with E-state index in [9.17, 15) is 4.79 Å². The Morgan fingerprint density at radius 1 is 1.17 bits per heavy atom. The molecule has 0 fully saturated rings. The number of ether oxygens (including phenoxy) is 2. The number of hydrogen-bond donors (Lipinski definition) is 2. The van der Waals surface area contributed by atoms with Crippen molar-refractivity contribution >= 4 is 34.3 Å². The number of carbonyl (C=O) groups is 1. The maximum Gasteiger partial charge on any atom is 0.410 e. The van der Waals surface area contributed by atoms with Crippen LogP contribution in [0.15, 0.2) is 67.0 Å². The Kier molecular flexibility index (Phi) is 6.77. The normalized spacial score (nSPS) is 15.0. The van der Waals surface area contributed by atoms with E-state index in [0.717, 1.165) is 40.0 Å². The fourth-order valence-corrected chi connectivity index (χ4v) is 4.76. The number of aromatic amines is 1. The first-order valence-corrected chi connectivity index (χ1v) is 12.1. The van der Waals surface area contributed by atoms with E-state index in [-0.39, 0.29) is 12.1 Å². The molecule has 0 bridgehead atoms. The highest BCUT2D eigenvalue weighted by atomic mass is 35.5. The SMILES string of the molecule is CCOC(=O)N1CCc2c([nH]c3ccc(Cl)cc23)[C@@H]1c1ccc(OCCNc2ccncc2)cc1. The maximum atomic E-state index is 12.9. The van der Waals surface area contributed by atoms with Crippen molar-refractivity contribution in [3.63, 3.8) is 0 Å². The number of hydrogen-bond acceptors (Lipinski definition) is 5. The minimum absolute atomic E-state index is 0.286. The third-order valence-electron chi connectivity index (χ3n) is 6.17. The molecule has 4 aromatic rings. The summed E-state index contributed by atoms with van der Waals surface area (Å²) in [7, 11) is 0. The van der Waals surface area contributed by atoms with Gasteiger partial charge in [0.15, 0.2) is 0 Å². The molecule has 0 spiro atoms. The molecular formula is C27H27ClN4O3. The molecule has 2 N–H and O–H groups in total. The van der Waals surface area contributed by atoms with E-state index in [1.54, 1.807) is 17.3 Å². The number of nitrogens with one attached hydrogen (secondary N) is 2. The van der Waals surface area contributed by atoms with Gasteiger partial charge in [-0.3, -0.25) is 9.88 Å². The Labute approximate surface area is 209 Å². The molecule has 2 aromatic carbocycles. The van der Waals surface area contributed by atoms with Gasteiger partial charge in [0.05, 0.1) is 6.61 Å². The van der Waals surface area contributed by atoms with E-state index in [4.69, 9.17) is 21.1 Å². The van der Waals surface area contributed by atoms with Gasteiger partial charge >= 0.3 is 6.09 Å². The highest BCUT2D eigenvalue weighted by Crippen LogP contribution is 2.39. The Hall–Kier alpha value is -3.71. The molecule has 2 aromatic heterocycles. The summed E-state index contributed by atoms with van der Waals surface area (Å²) in [4.78, 5) is 22.2. The number of anilines is 1. The van der Waals surface area contributed by atoms with Gasteiger partial charge in [0.2, 0.25) is 0 Å². The molecule has 1 aliphatic rings. The topological polar surface area (TPSA) is 79.5 Å². The van der Waals surface area contributed by atoms with Crippen molar-refractivity contribution in [1.29, 1.82) is 0 Å². The average Bonchev–Trinajstić information content (AvgIpc) is 3.25. The third-order valence-corrected chi connectivity index (χ3v) is 6.40. The predicted molar refractivity (Wildman–Crippen MR) is 137 cm³/mol. The number of nitrogens with zero attached hydrogens (tertiary/aromatic N) is 2. The van der Waals surface area contributed by atoms with Gasteiger partial charge in [-0.15, -0.1) is 0 Å². The standard InChI is InChI=1S/C27H27ClN4O3/c1-2-34-27(33)32-15-11-22-23-17-19(28)5-8-24(23)31-25(22)26(32)18-3-6-21(7-4-18)35-16-14-30-20-9-12-29-13-10-20/h3-10,12-13,17,26,31H,2,11,14-16H2,1H3,(H,29,30)/t26-/m0/s1. The van der Waals surface area contributed by atoms with Crippen LogP contribution in [0.5, 0.6) is 5.75 Å². The minimum Gasteiger partial charge on any atom is -0.492 e. The predicted octanol–water partition coefficient (Wildman–Crippen LogP) is 5.81. The molecule has 180 valence electrons. The monoisotopic (exact) mass is 490 g/mol. The van der Waals surface area contributed by atoms with Crippen LogP contribution in [0.1, 0.15) is 29.8 Å². The second-order valence-electron chi connectivity index (χ2n) is 8.33. The minimum atomic E-state index is -0.317. The van der Waals surface area contributed by atoms with Crippen LogP contribution in [0, 0.1) is 0 Å². The molecular weight excluding hydrogens is 464 g/mol. The van der Waals surface area contributed by atoms with Crippen molar-refractivity contribution in [3.05, 3.63) is 88.8 Å². The molecule has 0 saturated heterocycles. The summed E-state index contributed by atoms with van der Waals surface area (Å²) < 4.78 is 11.3. The van der Waals surface area contributed by atoms with Crippen LogP contribution in [0.3, 0.4) is 0 Å². The van der Waals surface area contributed by atoms with Gasteiger partial charge in [0, 0.05) is 52.8 Å². The quantitative estimate of drug-likeness (QED) is 0.319. The Bertz CT molecular complexity index is 1310. The van der Waals surface area contributed by atoms with Gasteiger partial charge < -0.3 is 19.8 Å². The van der Waals surface area contributed by atoms with Crippen LogP contribution >= 0.6 is 11.6 Å². The van der Waals surface area contributed by atoms with Crippen LogP contribution in [-0.4, -0.2) is 47.3 Å². The second kappa shape index (κ2) is 10.3. The zero-order valence-electron chi connectivity index (χ0n) is 19.5. The fourth-order valence-electron chi connectivity index (χ4n) is 4.59. The highest BCUT2D eigenvalue weighted by molar-refractivity contribution is 6.31. The summed E-state index contributed by atoms with van der Waals surface area (Å²) in [5.74, 6) is 0.771. The van der Waals surface area contributed by atoms with Crippen LogP contribution in [0.25, 0.3) is 10.9 Å². The molecule has 0 saturated carbocycles. The molecule has 5 rings (SSSR count). The summed E-state index contributed by atoms with van der Waals surface area (Å²) in [6, 6.07) is 17.3. The summed E-state index contributed by atoms with van der Waals surface area (Å²) in [5, 5.41) is 5.10. The van der Waals surface area contributed by atoms with Gasteiger partial charge in [-0.2, -0.15) is 0 Å². The van der Waals surface area contributed by atoms with E-state index in [2.05, 4.69) is 15.3 Å². The van der Waals surface area contributed by atoms with Crippen LogP contribution in [0.4, 0.5) is 10.5 Å². The van der Waals surface area contributed by atoms with Crippen LogP contribution in [-0.2, 0) is 11.2 Å². The van der Waals surface area contributed by atoms with Crippen molar-refractivity contribution in [2.75, 3.05) is 31.6 Å². The molecule has 35 heavy (non-hydrogen) atoms. The summed E-state index contributed by atoms with van der Waals surface area (Å²) in [6.07, 6.45) is 3.92. The van der Waals surface area contributed by atoms with Crippen molar-refractivity contribution in [1.82, 2.24) is 14.9 Å². The van der Waals surface area contributed by atoms with E-state index in [0.29, 0.717) is 31.3 Å². The number of carbonyl (C=O) groups excluding carboxylic acids is 1. The maximum absolute atomic E-state index is 12.9. The lowest BCUT2D eigenvalue weighted by Gasteiger charge is -2.35. The molecule has 3 heterocycles. The number of fused-ring (bicyclic) bond motifs is 3. The molecule has 1 aliphatic heterocycles. The molecule has 7 nitrogen and oxygen atoms in total. The molecule has 1 amide bonds. The largest absolute Gasteiger partial charge is 0.492 e. The first kappa shape index (κ1) is 23.1. The van der Waals surface area contributed by atoms with Crippen LogP contribution < -0.4 is 10.1 Å². The Morgan fingerprint density at radius 3 is 2.74 bits per heavy atom. The summed E-state index contributed by atoms with van der Waals surface area (Å²) in [6.45, 7) is 3.91. The summed E-state index contributed by atoms with van der Waals surface area (Å²) in [5.41, 5.74) is 5.19. The number of benzene rings is 2. The molecule has 0 aliphatic carbocycles. The van der Waals surface area contributed by atoms with Gasteiger partial charge in [0.1, 0.15) is 18.4 Å². The van der Waals surface area contributed by atoms with Gasteiger partial charge in [-0.05, 0) is 66.9 Å². The molecule has 8 heteroatoms. The van der Waals surface area contributed by atoms with Crippen molar-refractivity contribution in [2.24, 2.45) is 0 Å². The van der Waals surface area contributed by atoms with Gasteiger partial charge in [-0.1, -0.05) is 23.7 Å². The molecule has 0 unspecified atom stereocenters. The van der Waals surface area contributed by atoms with E-state index < -0.39 is 0 Å². The van der Waals surface area contributed by atoms with Gasteiger partial charge in [-0.25, -0.2) is 4.79 Å². The molecule has 1 atom stereocenters. The van der Waals surface area contributed by atoms with E-state index in [1.807, 2.05) is 61.5 Å². The zero-order valence-corrected chi connectivity index (χ0v) is 20.2. The second-order valence-corrected chi connectivity index (χ2v) is 8.77. The number of amides is 1. The first-order valence-electron chi connectivity index (χ1n) is 11.7. The lowest BCUT2D eigenvalue weighted by molar-refractivity contribution is 0.0932. The lowest BCUT2D eigenvalue weighted by Crippen LogP contribution is -2.40. The van der Waals surface area contributed by atoms with Crippen molar-refractivity contribution < 1.29 is 14.3 Å². The third kappa shape index (κ3) is 4.91. The van der Waals surface area contributed by atoms with E-state index in [1.165, 1.54) is 5.56 Å². The first-order chi connectivity index (χ1) is 17.1. The number of H-pyrrole nitrogens is 1. The average molecular weight is 491 g/mol. The number of rotatable bonds is 7. The zero-order chi connectivity index (χ0) is 24.2. The Balaban J connectivity index is 1.36. The van der Waals surface area contributed by atoms with Crippen molar-refractivity contribution in [3.8, 4) is 5.75 Å². The number of aromatic nitrogens is 2. The fraction of sp³-hybridized carbons (Fsp3) is 0.259. The van der Waals surface area contributed by atoms with Crippen molar-refractivity contribution in [2.45, 2.75) is 19.4 Å². The highest BCUT2D eigenvalue weighted by Gasteiger charge is 2.35. The van der Waals surface area contributed by atoms with E-state index >= 15 is 0 Å². The number of pyridine rings is 1. The summed E-state index contributed by atoms with van der Waals surface area (Å²) >= 11 is 6.28. The number of halogens is 1. The Morgan fingerprint density at radius 2 is 1.97 bits per heavy atom.